The van der Waals surface area contributed by atoms with Crippen molar-refractivity contribution in [2.75, 3.05) is 31.7 Å². The first-order valence-electron chi connectivity index (χ1n) is 7.81. The van der Waals surface area contributed by atoms with Crippen molar-refractivity contribution in [2.45, 2.75) is 40.1 Å². The first-order valence-corrected chi connectivity index (χ1v) is 11.0. The van der Waals surface area contributed by atoms with Gasteiger partial charge in [0.1, 0.15) is 6.26 Å². The van der Waals surface area contributed by atoms with E-state index >= 15 is 0 Å². The average Bonchev–Trinajstić information content (AvgIpc) is 2.91. The molecule has 0 saturated carbocycles. The topological polar surface area (TPSA) is 109 Å². The molecule has 1 N–H and O–H groups in total. The third-order valence-electron chi connectivity index (χ3n) is 2.85. The van der Waals surface area contributed by atoms with Gasteiger partial charge in [0.05, 0.1) is 26.4 Å². The molecule has 24 heavy (non-hydrogen) atoms. The lowest BCUT2D eigenvalue weighted by Gasteiger charge is -2.31. The minimum atomic E-state index is -3.88. The van der Waals surface area contributed by atoms with E-state index in [9.17, 15) is 9.13 Å². The van der Waals surface area contributed by atoms with Crippen LogP contribution >= 0.6 is 15.2 Å². The Kier molecular flexibility index (Phi) is 8.63. The normalized spacial score (nSPS) is 12.8. The largest absolute Gasteiger partial charge is 0.365 e. The smallest absolute Gasteiger partial charge is 0.362 e. The molecular weight excluding hydrogens is 358 g/mol. The number of hydrogen-bond donors (Lipinski definition) is 1. The lowest BCUT2D eigenvalue weighted by atomic mass is 10.4. The van der Waals surface area contributed by atoms with E-state index in [-0.39, 0.29) is 32.2 Å². The molecule has 0 fully saturated rings. The van der Waals surface area contributed by atoms with Crippen LogP contribution in [-0.2, 0) is 27.2 Å². The second-order valence-electron chi connectivity index (χ2n) is 4.61. The molecule has 1 heterocycles. The summed E-state index contributed by atoms with van der Waals surface area (Å²) in [6.07, 6.45) is 1.40. The number of aromatic nitrogens is 1. The van der Waals surface area contributed by atoms with E-state index in [2.05, 4.69) is 10.5 Å². The maximum atomic E-state index is 13.2. The molecular formula is C13H26N2O7P2. The zero-order valence-electron chi connectivity index (χ0n) is 14.7. The summed E-state index contributed by atoms with van der Waals surface area (Å²) in [4.78, 5) is 0. The molecule has 1 aromatic rings. The highest BCUT2D eigenvalue weighted by molar-refractivity contribution is 7.72. The number of anilines is 1. The van der Waals surface area contributed by atoms with Gasteiger partial charge in [-0.15, -0.1) is 0 Å². The van der Waals surface area contributed by atoms with Gasteiger partial charge in [-0.25, -0.2) is 0 Å². The van der Waals surface area contributed by atoms with Gasteiger partial charge in [-0.2, -0.15) is 0 Å². The van der Waals surface area contributed by atoms with Crippen LogP contribution in [0.4, 0.5) is 5.82 Å². The molecule has 0 aliphatic rings. The lowest BCUT2D eigenvalue weighted by Crippen LogP contribution is -2.26. The number of nitrogens with zero attached hydrogens (tertiary/aromatic N) is 1. The third kappa shape index (κ3) is 5.15. The van der Waals surface area contributed by atoms with Crippen molar-refractivity contribution in [1.29, 1.82) is 0 Å². The van der Waals surface area contributed by atoms with Crippen LogP contribution in [0.25, 0.3) is 0 Å². The van der Waals surface area contributed by atoms with Crippen molar-refractivity contribution in [3.8, 4) is 0 Å². The minimum absolute atomic E-state index is 0.103. The summed E-state index contributed by atoms with van der Waals surface area (Å²) in [7, 11) is -7.75. The van der Waals surface area contributed by atoms with Gasteiger partial charge in [-0.1, -0.05) is 5.16 Å². The summed E-state index contributed by atoms with van der Waals surface area (Å²) in [5, 5.41) is 6.59. The van der Waals surface area contributed by atoms with Crippen molar-refractivity contribution in [3.05, 3.63) is 11.8 Å². The summed E-state index contributed by atoms with van der Waals surface area (Å²) < 4.78 is 52.7. The third-order valence-corrected chi connectivity index (χ3v) is 8.47. The SMILES string of the molecule is CCOP(=O)(OCC)C(Nc1nocc1C)P(=O)(OCC)OCC. The quantitative estimate of drug-likeness (QED) is 0.530. The van der Waals surface area contributed by atoms with Gasteiger partial charge in [-0.05, 0) is 34.6 Å². The fourth-order valence-electron chi connectivity index (χ4n) is 1.96. The van der Waals surface area contributed by atoms with Gasteiger partial charge in [-0.3, -0.25) is 9.13 Å². The van der Waals surface area contributed by atoms with E-state index < -0.39 is 20.7 Å². The number of rotatable bonds is 12. The number of aryl methyl sites for hydroxylation is 1. The molecule has 140 valence electrons. The van der Waals surface area contributed by atoms with E-state index in [0.717, 1.165) is 0 Å². The van der Waals surface area contributed by atoms with Crippen LogP contribution in [0, 0.1) is 6.92 Å². The van der Waals surface area contributed by atoms with E-state index in [0.29, 0.717) is 5.56 Å². The molecule has 0 radical (unpaired) electrons. The predicted octanol–water partition coefficient (Wildman–Crippen LogP) is 4.21. The molecule has 0 bridgehead atoms. The Labute approximate surface area is 142 Å². The van der Waals surface area contributed by atoms with E-state index in [1.165, 1.54) is 6.26 Å². The molecule has 0 aliphatic carbocycles. The molecule has 0 unspecified atom stereocenters. The highest BCUT2D eigenvalue weighted by Crippen LogP contribution is 2.70. The summed E-state index contributed by atoms with van der Waals surface area (Å²) in [6.45, 7) is 8.79. The molecule has 0 amide bonds. The van der Waals surface area contributed by atoms with Gasteiger partial charge >= 0.3 is 15.2 Å². The van der Waals surface area contributed by atoms with Crippen LogP contribution < -0.4 is 5.32 Å². The molecule has 0 saturated heterocycles. The van der Waals surface area contributed by atoms with E-state index in [1.807, 2.05) is 0 Å². The Morgan fingerprint density at radius 1 is 1.00 bits per heavy atom. The zero-order valence-corrected chi connectivity index (χ0v) is 16.5. The van der Waals surface area contributed by atoms with Crippen molar-refractivity contribution >= 4 is 21.0 Å². The average molecular weight is 384 g/mol. The van der Waals surface area contributed by atoms with Crippen LogP contribution in [0.15, 0.2) is 10.8 Å². The van der Waals surface area contributed by atoms with Gasteiger partial charge in [0.15, 0.2) is 5.82 Å². The van der Waals surface area contributed by atoms with Gasteiger partial charge in [0.25, 0.3) is 0 Å². The molecule has 9 nitrogen and oxygen atoms in total. The highest BCUT2D eigenvalue weighted by atomic mass is 31.2. The van der Waals surface area contributed by atoms with Crippen molar-refractivity contribution in [1.82, 2.24) is 5.16 Å². The van der Waals surface area contributed by atoms with Crippen LogP contribution in [0.3, 0.4) is 0 Å². The summed E-state index contributed by atoms with van der Waals surface area (Å²) in [5.41, 5.74) is -0.729. The second kappa shape index (κ2) is 9.70. The maximum absolute atomic E-state index is 13.2. The summed E-state index contributed by atoms with van der Waals surface area (Å²) in [5.74, 6) is 0.263. The van der Waals surface area contributed by atoms with Crippen LogP contribution in [-0.4, -0.2) is 37.1 Å². The van der Waals surface area contributed by atoms with Crippen molar-refractivity contribution < 1.29 is 31.7 Å². The van der Waals surface area contributed by atoms with Gasteiger partial charge < -0.3 is 27.9 Å². The monoisotopic (exact) mass is 384 g/mol. The minimum Gasteiger partial charge on any atom is -0.362 e. The van der Waals surface area contributed by atoms with Crippen molar-refractivity contribution in [2.24, 2.45) is 0 Å². The molecule has 0 spiro atoms. The molecule has 1 rings (SSSR count). The molecule has 1 aromatic heterocycles. The molecule has 0 atom stereocenters. The molecule has 11 heteroatoms. The number of nitrogens with one attached hydrogen (secondary N) is 1. The van der Waals surface area contributed by atoms with Crippen LogP contribution in [0.5, 0.6) is 0 Å². The Hall–Kier alpha value is -0.690. The Bertz CT molecular complexity index is 543. The first-order chi connectivity index (χ1) is 11.4. The van der Waals surface area contributed by atoms with Crippen LogP contribution in [0.1, 0.15) is 33.3 Å². The lowest BCUT2D eigenvalue weighted by molar-refractivity contribution is 0.198. The van der Waals surface area contributed by atoms with Crippen molar-refractivity contribution in [3.63, 3.8) is 0 Å². The fraction of sp³-hybridized carbons (Fsp3) is 0.769. The summed E-state index contributed by atoms with van der Waals surface area (Å²) >= 11 is 0. The maximum Gasteiger partial charge on any atom is 0.365 e. The highest BCUT2D eigenvalue weighted by Gasteiger charge is 2.51. The Morgan fingerprint density at radius 2 is 1.42 bits per heavy atom. The standard InChI is InChI=1S/C13H26N2O7P2/c1-6-19-23(16,20-7-2)13(14-12-11(5)10-18-15-12)24(17,21-8-3)22-9-4/h10,13H,6-9H2,1-5H3,(H,14,15). The van der Waals surface area contributed by atoms with Gasteiger partial charge in [0, 0.05) is 5.56 Å². The Morgan fingerprint density at radius 3 is 1.71 bits per heavy atom. The molecule has 0 aliphatic heterocycles. The molecule has 0 aromatic carbocycles. The van der Waals surface area contributed by atoms with Gasteiger partial charge in [0.2, 0.25) is 5.52 Å². The summed E-state index contributed by atoms with van der Waals surface area (Å²) in [6, 6.07) is 0. The first kappa shape index (κ1) is 21.4. The second-order valence-corrected chi connectivity index (χ2v) is 9.25. The number of hydrogen-bond acceptors (Lipinski definition) is 9. The van der Waals surface area contributed by atoms with E-state index in [1.54, 1.807) is 34.6 Å². The zero-order chi connectivity index (χ0) is 18.2. The van der Waals surface area contributed by atoms with E-state index in [4.69, 9.17) is 22.6 Å². The predicted molar refractivity (Wildman–Crippen MR) is 90.4 cm³/mol. The Balaban J connectivity index is 3.34. The fourth-order valence-corrected chi connectivity index (χ4v) is 6.86. The van der Waals surface area contributed by atoms with Crippen LogP contribution in [0.2, 0.25) is 0 Å².